The fraction of sp³-hybridized carbons (Fsp3) is 0.286. The summed E-state index contributed by atoms with van der Waals surface area (Å²) >= 11 is 6.00. The molecule has 0 radical (unpaired) electrons. The third kappa shape index (κ3) is 3.92. The lowest BCUT2D eigenvalue weighted by Gasteiger charge is -2.17. The highest BCUT2D eigenvalue weighted by Crippen LogP contribution is 2.31. The molecule has 2 aromatic carbocycles. The van der Waals surface area contributed by atoms with Crippen LogP contribution in [-0.4, -0.2) is 42.0 Å². The number of benzene rings is 2. The van der Waals surface area contributed by atoms with Crippen molar-refractivity contribution in [3.05, 3.63) is 59.2 Å². The second kappa shape index (κ2) is 8.39. The molecule has 0 unspecified atom stereocenters. The first-order valence-corrected chi connectivity index (χ1v) is 9.39. The molecule has 0 saturated heterocycles. The SMILES string of the molecule is CCN(CC)CCNC(=O)c1[nH]c(-c2ccc(Cl)cc2)c2ccccc12. The molecule has 0 aliphatic heterocycles. The number of nitrogens with zero attached hydrogens (tertiary/aromatic N) is 1. The van der Waals surface area contributed by atoms with E-state index in [1.54, 1.807) is 0 Å². The summed E-state index contributed by atoms with van der Waals surface area (Å²) in [5.41, 5.74) is 2.55. The monoisotopic (exact) mass is 369 g/mol. The molecule has 3 aromatic rings. The van der Waals surface area contributed by atoms with Crippen LogP contribution >= 0.6 is 11.6 Å². The molecule has 0 atom stereocenters. The summed E-state index contributed by atoms with van der Waals surface area (Å²) < 4.78 is 0. The Kier molecular flexibility index (Phi) is 5.96. The summed E-state index contributed by atoms with van der Waals surface area (Å²) in [4.78, 5) is 18.3. The minimum atomic E-state index is -0.0754. The van der Waals surface area contributed by atoms with Crippen LogP contribution in [0.4, 0.5) is 0 Å². The molecule has 0 aliphatic carbocycles. The molecule has 0 saturated carbocycles. The molecule has 26 heavy (non-hydrogen) atoms. The number of hydrogen-bond donors (Lipinski definition) is 2. The number of halogens is 1. The lowest BCUT2D eigenvalue weighted by molar-refractivity contribution is 0.0946. The highest BCUT2D eigenvalue weighted by Gasteiger charge is 2.17. The number of hydrogen-bond acceptors (Lipinski definition) is 2. The van der Waals surface area contributed by atoms with Crippen molar-refractivity contribution in [1.82, 2.24) is 15.2 Å². The predicted octanol–water partition coefficient (Wildman–Crippen LogP) is 4.56. The summed E-state index contributed by atoms with van der Waals surface area (Å²) in [6.07, 6.45) is 0. The van der Waals surface area contributed by atoms with Crippen LogP contribution < -0.4 is 5.32 Å². The van der Waals surface area contributed by atoms with E-state index in [0.717, 1.165) is 41.7 Å². The van der Waals surface area contributed by atoms with Gasteiger partial charge >= 0.3 is 0 Å². The molecular formula is C21H24ClN3O. The van der Waals surface area contributed by atoms with Gasteiger partial charge in [-0.25, -0.2) is 0 Å². The third-order valence-electron chi connectivity index (χ3n) is 4.68. The van der Waals surface area contributed by atoms with E-state index < -0.39 is 0 Å². The Balaban J connectivity index is 1.87. The van der Waals surface area contributed by atoms with E-state index >= 15 is 0 Å². The van der Waals surface area contributed by atoms with Gasteiger partial charge in [0.05, 0.1) is 5.69 Å². The van der Waals surface area contributed by atoms with E-state index in [1.807, 2.05) is 48.5 Å². The average molecular weight is 370 g/mol. The van der Waals surface area contributed by atoms with Crippen molar-refractivity contribution >= 4 is 28.3 Å². The molecule has 0 bridgehead atoms. The Hall–Kier alpha value is -2.30. The molecule has 136 valence electrons. The lowest BCUT2D eigenvalue weighted by Crippen LogP contribution is -2.35. The van der Waals surface area contributed by atoms with Gasteiger partial charge in [-0.3, -0.25) is 4.79 Å². The quantitative estimate of drug-likeness (QED) is 0.641. The maximum atomic E-state index is 12.7. The number of amides is 1. The number of aromatic nitrogens is 1. The van der Waals surface area contributed by atoms with Gasteiger partial charge in [0.2, 0.25) is 0 Å². The molecule has 1 aromatic heterocycles. The van der Waals surface area contributed by atoms with Gasteiger partial charge in [0.25, 0.3) is 5.91 Å². The smallest absolute Gasteiger partial charge is 0.268 e. The second-order valence-corrected chi connectivity index (χ2v) is 6.65. The highest BCUT2D eigenvalue weighted by molar-refractivity contribution is 6.30. The van der Waals surface area contributed by atoms with E-state index in [0.29, 0.717) is 17.3 Å². The number of carbonyl (C=O) groups is 1. The topological polar surface area (TPSA) is 48.1 Å². The molecule has 1 heterocycles. The lowest BCUT2D eigenvalue weighted by atomic mass is 10.1. The standard InChI is InChI=1S/C21H24ClN3O/c1-3-25(4-2)14-13-23-21(26)20-18-8-6-5-7-17(18)19(24-20)15-9-11-16(22)12-10-15/h5-12,24H,3-4,13-14H2,1-2H3,(H,23,26). The fourth-order valence-corrected chi connectivity index (χ4v) is 3.28. The highest BCUT2D eigenvalue weighted by atomic mass is 35.5. The van der Waals surface area contributed by atoms with Gasteiger partial charge in [-0.1, -0.05) is 61.8 Å². The van der Waals surface area contributed by atoms with Gasteiger partial charge in [-0.2, -0.15) is 0 Å². The molecule has 0 fully saturated rings. The Morgan fingerprint density at radius 2 is 1.69 bits per heavy atom. The Morgan fingerprint density at radius 1 is 1.04 bits per heavy atom. The number of likely N-dealkylation sites (N-methyl/N-ethyl adjacent to an activating group) is 1. The average Bonchev–Trinajstić information content (AvgIpc) is 3.05. The van der Waals surface area contributed by atoms with Crippen LogP contribution in [0.3, 0.4) is 0 Å². The van der Waals surface area contributed by atoms with Crippen molar-refractivity contribution in [3.8, 4) is 11.3 Å². The van der Waals surface area contributed by atoms with Crippen LogP contribution in [0.2, 0.25) is 5.02 Å². The molecule has 2 N–H and O–H groups in total. The van der Waals surface area contributed by atoms with E-state index in [-0.39, 0.29) is 5.91 Å². The second-order valence-electron chi connectivity index (χ2n) is 6.21. The zero-order valence-corrected chi connectivity index (χ0v) is 15.9. The maximum absolute atomic E-state index is 12.7. The molecule has 0 spiro atoms. The van der Waals surface area contributed by atoms with Crippen LogP contribution in [0.5, 0.6) is 0 Å². The Labute approximate surface area is 159 Å². The first kappa shape index (κ1) is 18.5. The van der Waals surface area contributed by atoms with Crippen LogP contribution in [0.15, 0.2) is 48.5 Å². The van der Waals surface area contributed by atoms with E-state index in [9.17, 15) is 4.79 Å². The number of nitrogens with one attached hydrogen (secondary N) is 2. The number of carbonyl (C=O) groups excluding carboxylic acids is 1. The molecular weight excluding hydrogens is 346 g/mol. The zero-order valence-electron chi connectivity index (χ0n) is 15.2. The van der Waals surface area contributed by atoms with Crippen LogP contribution in [0.1, 0.15) is 24.3 Å². The Bertz CT molecular complexity index is 882. The van der Waals surface area contributed by atoms with Crippen molar-refractivity contribution in [3.63, 3.8) is 0 Å². The summed E-state index contributed by atoms with van der Waals surface area (Å²) in [6.45, 7) is 7.70. The number of aromatic amines is 1. The maximum Gasteiger partial charge on any atom is 0.268 e. The summed E-state index contributed by atoms with van der Waals surface area (Å²) in [5.74, 6) is -0.0754. The van der Waals surface area contributed by atoms with E-state index in [2.05, 4.69) is 29.0 Å². The Morgan fingerprint density at radius 3 is 2.35 bits per heavy atom. The normalized spacial score (nSPS) is 11.2. The van der Waals surface area contributed by atoms with E-state index in [1.165, 1.54) is 0 Å². The van der Waals surface area contributed by atoms with Crippen LogP contribution in [0, 0.1) is 0 Å². The predicted molar refractivity (Wildman–Crippen MR) is 109 cm³/mol. The van der Waals surface area contributed by atoms with Crippen molar-refractivity contribution in [2.24, 2.45) is 0 Å². The summed E-state index contributed by atoms with van der Waals surface area (Å²) in [5, 5.41) is 5.68. The number of rotatable bonds is 7. The molecule has 5 heteroatoms. The molecule has 0 aliphatic rings. The number of fused-ring (bicyclic) bond motifs is 1. The number of H-pyrrole nitrogens is 1. The first-order chi connectivity index (χ1) is 12.6. The van der Waals surface area contributed by atoms with Crippen LogP contribution in [0.25, 0.3) is 22.0 Å². The molecule has 3 rings (SSSR count). The molecule has 1 amide bonds. The summed E-state index contributed by atoms with van der Waals surface area (Å²) in [6, 6.07) is 15.6. The fourth-order valence-electron chi connectivity index (χ4n) is 3.16. The van der Waals surface area contributed by atoms with Gasteiger partial charge in [-0.05, 0) is 30.8 Å². The van der Waals surface area contributed by atoms with Gasteiger partial charge in [-0.15, -0.1) is 0 Å². The first-order valence-electron chi connectivity index (χ1n) is 9.01. The van der Waals surface area contributed by atoms with Crippen molar-refractivity contribution < 1.29 is 4.79 Å². The van der Waals surface area contributed by atoms with Crippen molar-refractivity contribution in [1.29, 1.82) is 0 Å². The van der Waals surface area contributed by atoms with Crippen LogP contribution in [-0.2, 0) is 0 Å². The largest absolute Gasteiger partial charge is 0.350 e. The van der Waals surface area contributed by atoms with Gasteiger partial charge in [0, 0.05) is 28.9 Å². The summed E-state index contributed by atoms with van der Waals surface area (Å²) in [7, 11) is 0. The van der Waals surface area contributed by atoms with Gasteiger partial charge in [0.15, 0.2) is 0 Å². The van der Waals surface area contributed by atoms with Crippen molar-refractivity contribution in [2.45, 2.75) is 13.8 Å². The minimum Gasteiger partial charge on any atom is -0.350 e. The minimum absolute atomic E-state index is 0.0754. The molecule has 4 nitrogen and oxygen atoms in total. The van der Waals surface area contributed by atoms with Crippen molar-refractivity contribution in [2.75, 3.05) is 26.2 Å². The van der Waals surface area contributed by atoms with E-state index in [4.69, 9.17) is 11.6 Å². The van der Waals surface area contributed by atoms with Gasteiger partial charge < -0.3 is 15.2 Å². The van der Waals surface area contributed by atoms with Gasteiger partial charge in [0.1, 0.15) is 5.69 Å². The zero-order chi connectivity index (χ0) is 18.5. The third-order valence-corrected chi connectivity index (χ3v) is 4.94.